The Balaban J connectivity index is 0.00000210. The number of hydrogen-bond acceptors (Lipinski definition) is 0. The van der Waals surface area contributed by atoms with Gasteiger partial charge in [-0.2, -0.15) is 0 Å². The van der Waals surface area contributed by atoms with Crippen LogP contribution in [0.15, 0.2) is 70.4 Å². The van der Waals surface area contributed by atoms with E-state index in [0.29, 0.717) is 18.1 Å². The molecule has 2 aliphatic carbocycles. The molecule has 0 fully saturated rings. The molecule has 0 saturated heterocycles. The molecule has 2 atom stereocenters. The normalized spacial score (nSPS) is 21.2. The van der Waals surface area contributed by atoms with E-state index in [1.54, 1.807) is 39.0 Å². The molecule has 0 spiro atoms. The predicted molar refractivity (Wildman–Crippen MR) is 118 cm³/mol. The molecule has 0 amide bonds. The summed E-state index contributed by atoms with van der Waals surface area (Å²) in [6.45, 7) is 19.3. The summed E-state index contributed by atoms with van der Waals surface area (Å²) in [5.74, 6) is 1.37. The fourth-order valence-electron chi connectivity index (χ4n) is 4.80. The van der Waals surface area contributed by atoms with Crippen LogP contribution in [0.5, 0.6) is 0 Å². The number of halogens is 2. The zero-order chi connectivity index (χ0) is 19.9. The van der Waals surface area contributed by atoms with E-state index in [4.69, 9.17) is 0 Å². The van der Waals surface area contributed by atoms with E-state index in [0.717, 1.165) is 0 Å². The molecule has 0 radical (unpaired) electrons. The zero-order valence-electron chi connectivity index (χ0n) is 19.1. The van der Waals surface area contributed by atoms with Crippen LogP contribution in [0, 0.1) is 11.8 Å². The Morgan fingerprint density at radius 2 is 1.10 bits per heavy atom. The van der Waals surface area contributed by atoms with Crippen LogP contribution in [0.2, 0.25) is 0 Å². The molecule has 4 heteroatoms. The van der Waals surface area contributed by atoms with Crippen molar-refractivity contribution in [3.63, 3.8) is 0 Å². The minimum Gasteiger partial charge on any atom is -1.00 e. The first-order valence-electron chi connectivity index (χ1n) is 10.3. The number of hydrogen-bond donors (Lipinski definition) is 0. The number of allylic oxidation sites excluding steroid dienone is 8. The van der Waals surface area contributed by atoms with Crippen molar-refractivity contribution in [2.24, 2.45) is 11.8 Å². The van der Waals surface area contributed by atoms with Crippen molar-refractivity contribution in [2.45, 2.75) is 61.4 Å². The fourth-order valence-corrected chi connectivity index (χ4v) is 33.3. The topological polar surface area (TPSA) is 0 Å². The molecule has 29 heavy (non-hydrogen) atoms. The van der Waals surface area contributed by atoms with Gasteiger partial charge in [-0.15, -0.1) is 0 Å². The zero-order valence-corrected chi connectivity index (χ0v) is 25.3. The molecule has 156 valence electrons. The molecule has 0 N–H and O–H groups in total. The Bertz CT molecular complexity index is 879. The SMILES string of the molecule is CC1=C(C)C(C)[C]([Hf+2](=[SiH]Cc2ccccc2)[C]2=C(C)C(C)=C(C)C2C)=C1C.[Cl-].[Cl-]. The van der Waals surface area contributed by atoms with E-state index in [1.165, 1.54) is 6.04 Å². The smallest absolute Gasteiger partial charge is 1.00 e. The molecule has 0 aliphatic heterocycles. The van der Waals surface area contributed by atoms with E-state index in [9.17, 15) is 0 Å². The number of benzene rings is 1. The van der Waals surface area contributed by atoms with E-state index in [2.05, 4.69) is 85.7 Å². The average Bonchev–Trinajstić information content (AvgIpc) is 2.98. The van der Waals surface area contributed by atoms with Gasteiger partial charge >= 0.3 is 176 Å². The van der Waals surface area contributed by atoms with Crippen LogP contribution in [0.25, 0.3) is 0 Å². The minimum absolute atomic E-state index is 0. The Labute approximate surface area is 199 Å². The van der Waals surface area contributed by atoms with Crippen LogP contribution in [0.1, 0.15) is 61.0 Å². The molecule has 2 aliphatic rings. The van der Waals surface area contributed by atoms with Gasteiger partial charge in [0.05, 0.1) is 0 Å². The van der Waals surface area contributed by atoms with Crippen LogP contribution in [-0.2, 0) is 26.1 Å². The van der Waals surface area contributed by atoms with Gasteiger partial charge in [0, 0.05) is 0 Å². The average molecular weight is 612 g/mol. The van der Waals surface area contributed by atoms with Crippen LogP contribution >= 0.6 is 0 Å². The van der Waals surface area contributed by atoms with Gasteiger partial charge in [0.15, 0.2) is 0 Å². The molecule has 1 aromatic carbocycles. The molecular formula is C25H34Cl2HfSi. The maximum Gasteiger partial charge on any atom is -1.00 e. The first kappa shape index (κ1) is 26.9. The second-order valence-electron chi connectivity index (χ2n) is 8.44. The first-order valence-corrected chi connectivity index (χ1v) is 21.5. The third-order valence-corrected chi connectivity index (χ3v) is 30.0. The summed E-state index contributed by atoms with van der Waals surface area (Å²) < 4.78 is 3.87. The number of rotatable bonds is 4. The summed E-state index contributed by atoms with van der Waals surface area (Å²) in [7, 11) is 0. The van der Waals surface area contributed by atoms with E-state index in [1.807, 2.05) is 6.66 Å². The van der Waals surface area contributed by atoms with Crippen molar-refractivity contribution in [1.82, 2.24) is 0 Å². The van der Waals surface area contributed by atoms with Crippen LogP contribution in [-0.4, -0.2) is 6.22 Å². The van der Waals surface area contributed by atoms with Crippen LogP contribution in [0.4, 0.5) is 0 Å². The van der Waals surface area contributed by atoms with E-state index >= 15 is 0 Å². The van der Waals surface area contributed by atoms with Crippen molar-refractivity contribution in [2.75, 3.05) is 0 Å². The van der Waals surface area contributed by atoms with Crippen molar-refractivity contribution < 1.29 is 44.9 Å². The summed E-state index contributed by atoms with van der Waals surface area (Å²) in [5, 5.41) is 0. The van der Waals surface area contributed by atoms with Gasteiger partial charge < -0.3 is 24.8 Å². The maximum absolute atomic E-state index is 2.49. The van der Waals surface area contributed by atoms with E-state index < -0.39 is 20.1 Å². The van der Waals surface area contributed by atoms with Crippen molar-refractivity contribution in [3.8, 4) is 0 Å². The summed E-state index contributed by atoms with van der Waals surface area (Å²) in [6.07, 6.45) is 0.505. The van der Waals surface area contributed by atoms with Crippen LogP contribution < -0.4 is 24.8 Å². The Morgan fingerprint density at radius 3 is 1.45 bits per heavy atom. The van der Waals surface area contributed by atoms with Gasteiger partial charge in [-0.1, -0.05) is 0 Å². The third kappa shape index (κ3) is 5.02. The minimum atomic E-state index is -2.08. The molecule has 0 nitrogen and oxygen atoms in total. The second-order valence-corrected chi connectivity index (χ2v) is 25.2. The van der Waals surface area contributed by atoms with Gasteiger partial charge in [-0.05, 0) is 0 Å². The molecule has 0 bridgehead atoms. The summed E-state index contributed by atoms with van der Waals surface area (Å²) in [5.41, 5.74) is 11.3. The first-order chi connectivity index (χ1) is 12.8. The Kier molecular flexibility index (Phi) is 10.1. The van der Waals surface area contributed by atoms with Gasteiger partial charge in [-0.25, -0.2) is 0 Å². The molecule has 3 rings (SSSR count). The van der Waals surface area contributed by atoms with Gasteiger partial charge in [0.25, 0.3) is 0 Å². The third-order valence-electron chi connectivity index (χ3n) is 7.25. The van der Waals surface area contributed by atoms with Gasteiger partial charge in [0.2, 0.25) is 0 Å². The van der Waals surface area contributed by atoms with Crippen molar-refractivity contribution in [3.05, 3.63) is 76.0 Å². The molecule has 0 saturated carbocycles. The molecule has 1 aromatic rings. The van der Waals surface area contributed by atoms with Gasteiger partial charge in [-0.3, -0.25) is 0 Å². The molecule has 0 heterocycles. The molecular weight excluding hydrogens is 578 g/mol. The summed E-state index contributed by atoms with van der Waals surface area (Å²) in [6, 6.07) is 12.5. The van der Waals surface area contributed by atoms with Crippen molar-refractivity contribution >= 4 is 6.22 Å². The van der Waals surface area contributed by atoms with Crippen LogP contribution in [0.3, 0.4) is 0 Å². The Morgan fingerprint density at radius 1 is 0.690 bits per heavy atom. The molecule has 2 unspecified atom stereocenters. The summed E-state index contributed by atoms with van der Waals surface area (Å²) in [4.78, 5) is 0. The monoisotopic (exact) mass is 612 g/mol. The maximum atomic E-state index is 2.49. The second kappa shape index (κ2) is 10.9. The Hall–Kier alpha value is -0.153. The van der Waals surface area contributed by atoms with E-state index in [-0.39, 0.29) is 24.8 Å². The standard InChI is InChI=1S/2C9H13.C7H8Si.2ClH.Hf/c2*1-6-5-7(2)9(4)8(6)3;8-6-7-4-2-1-3-5-7;;;/h2*6H,1-4H3;1-5,8H,6H2;2*1H;/q;;;;;+2/p-2. The largest absolute Gasteiger partial charge is 1.00 e. The predicted octanol–water partition coefficient (Wildman–Crippen LogP) is 0.685. The van der Waals surface area contributed by atoms with Crippen molar-refractivity contribution in [1.29, 1.82) is 0 Å². The fraction of sp³-hybridized carbons (Fsp3) is 0.440. The molecule has 0 aromatic heterocycles. The van der Waals surface area contributed by atoms with Gasteiger partial charge in [0.1, 0.15) is 0 Å². The quantitative estimate of drug-likeness (QED) is 0.440. The summed E-state index contributed by atoms with van der Waals surface area (Å²) >= 11 is -2.08.